The highest BCUT2D eigenvalue weighted by molar-refractivity contribution is 5.82. The lowest BCUT2D eigenvalue weighted by atomic mass is 9.98. The SMILES string of the molecule is COC1CNC(C(=O)NCC(C)C(C)C)C1. The summed E-state index contributed by atoms with van der Waals surface area (Å²) in [6, 6.07) is -0.0793. The average Bonchev–Trinajstić information content (AvgIpc) is 2.73. The average molecular weight is 228 g/mol. The van der Waals surface area contributed by atoms with Gasteiger partial charge in [0, 0.05) is 20.2 Å². The minimum Gasteiger partial charge on any atom is -0.380 e. The molecule has 1 fully saturated rings. The molecule has 0 bridgehead atoms. The summed E-state index contributed by atoms with van der Waals surface area (Å²) in [5.41, 5.74) is 0. The topological polar surface area (TPSA) is 50.4 Å². The number of rotatable bonds is 5. The summed E-state index contributed by atoms with van der Waals surface area (Å²) in [5, 5.41) is 6.17. The maximum Gasteiger partial charge on any atom is 0.237 e. The van der Waals surface area contributed by atoms with E-state index >= 15 is 0 Å². The zero-order valence-corrected chi connectivity index (χ0v) is 10.7. The van der Waals surface area contributed by atoms with Crippen LogP contribution in [0.15, 0.2) is 0 Å². The van der Waals surface area contributed by atoms with Crippen molar-refractivity contribution in [2.75, 3.05) is 20.2 Å². The summed E-state index contributed by atoms with van der Waals surface area (Å²) < 4.78 is 5.21. The van der Waals surface area contributed by atoms with Gasteiger partial charge >= 0.3 is 0 Å². The smallest absolute Gasteiger partial charge is 0.237 e. The van der Waals surface area contributed by atoms with E-state index in [-0.39, 0.29) is 18.1 Å². The first kappa shape index (κ1) is 13.5. The maximum atomic E-state index is 11.8. The van der Waals surface area contributed by atoms with Crippen LogP contribution >= 0.6 is 0 Å². The van der Waals surface area contributed by atoms with E-state index < -0.39 is 0 Å². The summed E-state index contributed by atoms with van der Waals surface area (Å²) in [7, 11) is 1.69. The van der Waals surface area contributed by atoms with Gasteiger partial charge in [0.1, 0.15) is 0 Å². The van der Waals surface area contributed by atoms with Crippen LogP contribution in [0.2, 0.25) is 0 Å². The minimum absolute atomic E-state index is 0.0793. The molecule has 3 unspecified atom stereocenters. The Morgan fingerprint density at radius 2 is 2.19 bits per heavy atom. The molecule has 94 valence electrons. The Labute approximate surface area is 98.1 Å². The van der Waals surface area contributed by atoms with Gasteiger partial charge in [-0.1, -0.05) is 20.8 Å². The van der Waals surface area contributed by atoms with Crippen LogP contribution in [0.4, 0.5) is 0 Å². The van der Waals surface area contributed by atoms with Crippen molar-refractivity contribution in [3.8, 4) is 0 Å². The number of carbonyl (C=O) groups is 1. The maximum absolute atomic E-state index is 11.8. The second kappa shape index (κ2) is 6.21. The van der Waals surface area contributed by atoms with Gasteiger partial charge in [0.05, 0.1) is 12.1 Å². The van der Waals surface area contributed by atoms with E-state index in [9.17, 15) is 4.79 Å². The Balaban J connectivity index is 2.26. The van der Waals surface area contributed by atoms with Crippen LogP contribution in [0.5, 0.6) is 0 Å². The van der Waals surface area contributed by atoms with Gasteiger partial charge in [-0.15, -0.1) is 0 Å². The molecule has 0 aromatic heterocycles. The van der Waals surface area contributed by atoms with Gasteiger partial charge in [0.25, 0.3) is 0 Å². The number of hydrogen-bond donors (Lipinski definition) is 2. The molecule has 1 aliphatic heterocycles. The van der Waals surface area contributed by atoms with Crippen molar-refractivity contribution in [1.82, 2.24) is 10.6 Å². The van der Waals surface area contributed by atoms with Crippen LogP contribution in [0.25, 0.3) is 0 Å². The molecule has 1 rings (SSSR count). The van der Waals surface area contributed by atoms with Crippen LogP contribution in [0.3, 0.4) is 0 Å². The van der Waals surface area contributed by atoms with E-state index in [2.05, 4.69) is 31.4 Å². The van der Waals surface area contributed by atoms with Gasteiger partial charge in [-0.25, -0.2) is 0 Å². The fourth-order valence-corrected chi connectivity index (χ4v) is 1.70. The van der Waals surface area contributed by atoms with Crippen molar-refractivity contribution < 1.29 is 9.53 Å². The zero-order valence-electron chi connectivity index (χ0n) is 10.7. The quantitative estimate of drug-likeness (QED) is 0.731. The fraction of sp³-hybridized carbons (Fsp3) is 0.917. The molecule has 4 heteroatoms. The normalized spacial score (nSPS) is 27.1. The molecule has 1 heterocycles. The Hall–Kier alpha value is -0.610. The lowest BCUT2D eigenvalue weighted by Gasteiger charge is -2.18. The number of nitrogens with one attached hydrogen (secondary N) is 2. The predicted octanol–water partition coefficient (Wildman–Crippen LogP) is 0.772. The molecule has 2 N–H and O–H groups in total. The molecule has 0 aromatic rings. The number of hydrogen-bond acceptors (Lipinski definition) is 3. The van der Waals surface area contributed by atoms with Gasteiger partial charge < -0.3 is 15.4 Å². The summed E-state index contributed by atoms with van der Waals surface area (Å²) >= 11 is 0. The second-order valence-electron chi connectivity index (χ2n) is 5.02. The number of ether oxygens (including phenoxy) is 1. The number of methoxy groups -OCH3 is 1. The van der Waals surface area contributed by atoms with Gasteiger partial charge in [-0.05, 0) is 18.3 Å². The molecule has 0 spiro atoms. The van der Waals surface area contributed by atoms with Crippen molar-refractivity contribution in [1.29, 1.82) is 0 Å². The third-order valence-electron chi connectivity index (χ3n) is 3.48. The molecule has 0 aromatic carbocycles. The lowest BCUT2D eigenvalue weighted by molar-refractivity contribution is -0.123. The van der Waals surface area contributed by atoms with Crippen LogP contribution in [0.1, 0.15) is 27.2 Å². The highest BCUT2D eigenvalue weighted by Crippen LogP contribution is 2.11. The van der Waals surface area contributed by atoms with Crippen molar-refractivity contribution >= 4 is 5.91 Å². The molecular weight excluding hydrogens is 204 g/mol. The fourth-order valence-electron chi connectivity index (χ4n) is 1.70. The summed E-state index contributed by atoms with van der Waals surface area (Å²) in [5.74, 6) is 1.22. The van der Waals surface area contributed by atoms with E-state index in [4.69, 9.17) is 4.74 Å². The number of carbonyl (C=O) groups excluding carboxylic acids is 1. The van der Waals surface area contributed by atoms with Crippen molar-refractivity contribution in [3.63, 3.8) is 0 Å². The molecule has 16 heavy (non-hydrogen) atoms. The van der Waals surface area contributed by atoms with E-state index in [0.29, 0.717) is 11.8 Å². The van der Waals surface area contributed by atoms with Crippen LogP contribution in [-0.4, -0.2) is 38.3 Å². The second-order valence-corrected chi connectivity index (χ2v) is 5.02. The highest BCUT2D eigenvalue weighted by Gasteiger charge is 2.29. The molecule has 3 atom stereocenters. The molecule has 1 aliphatic rings. The Morgan fingerprint density at radius 3 is 2.69 bits per heavy atom. The molecule has 4 nitrogen and oxygen atoms in total. The van der Waals surface area contributed by atoms with E-state index in [1.807, 2.05) is 0 Å². The Morgan fingerprint density at radius 1 is 1.50 bits per heavy atom. The Kier molecular flexibility index (Phi) is 5.22. The van der Waals surface area contributed by atoms with Gasteiger partial charge in [-0.2, -0.15) is 0 Å². The zero-order chi connectivity index (χ0) is 12.1. The molecule has 0 aliphatic carbocycles. The van der Waals surface area contributed by atoms with Crippen LogP contribution in [-0.2, 0) is 9.53 Å². The van der Waals surface area contributed by atoms with Crippen LogP contribution in [0, 0.1) is 11.8 Å². The van der Waals surface area contributed by atoms with Crippen molar-refractivity contribution in [2.24, 2.45) is 11.8 Å². The highest BCUT2D eigenvalue weighted by atomic mass is 16.5. The van der Waals surface area contributed by atoms with Gasteiger partial charge in [0.2, 0.25) is 5.91 Å². The largest absolute Gasteiger partial charge is 0.380 e. The molecule has 1 saturated heterocycles. The summed E-state index contributed by atoms with van der Waals surface area (Å²) in [6.07, 6.45) is 0.955. The number of amides is 1. The lowest BCUT2D eigenvalue weighted by Crippen LogP contribution is -2.42. The standard InChI is InChI=1S/C12H24N2O2/c1-8(2)9(3)6-14-12(15)11-5-10(16-4)7-13-11/h8-11,13H,5-7H2,1-4H3,(H,14,15). The first-order chi connectivity index (χ1) is 7.54. The van der Waals surface area contributed by atoms with E-state index in [1.54, 1.807) is 7.11 Å². The minimum atomic E-state index is -0.0793. The van der Waals surface area contributed by atoms with E-state index in [0.717, 1.165) is 19.5 Å². The Bertz CT molecular complexity index is 231. The van der Waals surface area contributed by atoms with Crippen molar-refractivity contribution in [3.05, 3.63) is 0 Å². The predicted molar refractivity (Wildman–Crippen MR) is 64.2 cm³/mol. The van der Waals surface area contributed by atoms with Crippen LogP contribution < -0.4 is 10.6 Å². The van der Waals surface area contributed by atoms with Gasteiger partial charge in [-0.3, -0.25) is 4.79 Å². The first-order valence-corrected chi connectivity index (χ1v) is 6.08. The van der Waals surface area contributed by atoms with Crippen molar-refractivity contribution in [2.45, 2.75) is 39.3 Å². The van der Waals surface area contributed by atoms with E-state index in [1.165, 1.54) is 0 Å². The third-order valence-corrected chi connectivity index (χ3v) is 3.48. The monoisotopic (exact) mass is 228 g/mol. The molecule has 1 amide bonds. The first-order valence-electron chi connectivity index (χ1n) is 6.08. The third kappa shape index (κ3) is 3.76. The summed E-state index contributed by atoms with van der Waals surface area (Å²) in [4.78, 5) is 11.8. The van der Waals surface area contributed by atoms with Gasteiger partial charge in [0.15, 0.2) is 0 Å². The molecular formula is C12H24N2O2. The molecule has 0 saturated carbocycles. The summed E-state index contributed by atoms with van der Waals surface area (Å²) in [6.45, 7) is 8.03. The molecule has 0 radical (unpaired) electrons.